The van der Waals surface area contributed by atoms with Gasteiger partial charge in [-0.15, -0.1) is 0 Å². The van der Waals surface area contributed by atoms with Gasteiger partial charge in [-0.05, 0) is 53.1 Å². The molecule has 0 spiro atoms. The summed E-state index contributed by atoms with van der Waals surface area (Å²) in [4.78, 5) is 63.9. The molecule has 0 aliphatic rings. The Morgan fingerprint density at radius 3 is 0.714 bits per heavy atom. The van der Waals surface area contributed by atoms with E-state index in [4.69, 9.17) is 128 Å². The van der Waals surface area contributed by atoms with Crippen LogP contribution in [0.2, 0.25) is 0 Å². The molecule has 0 aromatic heterocycles. The fourth-order valence-electron chi connectivity index (χ4n) is 9.77. The van der Waals surface area contributed by atoms with E-state index < -0.39 is 69.2 Å². The van der Waals surface area contributed by atoms with E-state index in [1.165, 1.54) is 4.90 Å². The average molecular weight is 1770 g/mol. The van der Waals surface area contributed by atoms with Crippen LogP contribution in [0.25, 0.3) is 0 Å². The first-order valence-corrected chi connectivity index (χ1v) is 38.1. The van der Waals surface area contributed by atoms with Crippen molar-refractivity contribution in [2.75, 3.05) is 339 Å². The van der Waals surface area contributed by atoms with E-state index >= 15 is 0 Å². The SMILES string of the molecule is COCCOCCOCCOc1cc(COc2cc(COC(=O)CN(CCN(CCN(CC(=O)[O-])CC(=O)[O-])CC(=O)[O-])CC(=O)[O-])cc(OCc3cc(OCCOCCOCCOC)c(OCCOCCOCCOC)c(OCCOCCOCCOC)c3)c2)cc(OCCOCCOCCOC)c1OCCOCCOCCOC.[Mn+2].[Na+].[Na+]. The van der Waals surface area contributed by atoms with Crippen LogP contribution < -0.4 is 117 Å². The van der Waals surface area contributed by atoms with E-state index in [1.807, 2.05) is 0 Å². The summed E-state index contributed by atoms with van der Waals surface area (Å²) >= 11 is 0. The van der Waals surface area contributed by atoms with Gasteiger partial charge in [0.15, 0.2) is 23.0 Å². The number of carbonyl (C=O) groups excluding carboxylic acids is 5. The number of hydrogen-bond donors (Lipinski definition) is 0. The maximum Gasteiger partial charge on any atom is 2.00 e. The van der Waals surface area contributed by atoms with Gasteiger partial charge in [0, 0.05) is 101 Å². The molecule has 0 N–H and O–H groups in total. The third-order valence-corrected chi connectivity index (χ3v) is 15.3. The molecule has 3 aromatic carbocycles. The largest absolute Gasteiger partial charge is 2.00 e. The Labute approximate surface area is 752 Å². The van der Waals surface area contributed by atoms with Crippen molar-refractivity contribution in [1.29, 1.82) is 0 Å². The molecule has 119 heavy (non-hydrogen) atoms. The van der Waals surface area contributed by atoms with E-state index in [0.717, 1.165) is 9.80 Å². The average Bonchev–Trinajstić information content (AvgIpc) is 0.820. The molecule has 0 amide bonds. The number of hydrogen-bond acceptors (Lipinski definition) is 39. The van der Waals surface area contributed by atoms with Gasteiger partial charge in [-0.3, -0.25) is 19.5 Å². The van der Waals surface area contributed by atoms with Crippen LogP contribution in [0, 0.1) is 0 Å². The second kappa shape index (κ2) is 79.0. The van der Waals surface area contributed by atoms with Crippen molar-refractivity contribution in [1.82, 2.24) is 14.7 Å². The first kappa shape index (κ1) is 114. The van der Waals surface area contributed by atoms with Crippen LogP contribution in [0.4, 0.5) is 0 Å². The van der Waals surface area contributed by atoms with Crippen molar-refractivity contribution in [2.45, 2.75) is 19.8 Å². The van der Waals surface area contributed by atoms with E-state index in [0.29, 0.717) is 136 Å². The molecule has 0 aliphatic heterocycles. The predicted octanol–water partition coefficient (Wildman–Crippen LogP) is -8.85. The molecular weight excluding hydrogens is 1640 g/mol. The fraction of sp³-hybridized carbons (Fsp3) is 0.701. The van der Waals surface area contributed by atoms with Gasteiger partial charge in [0.2, 0.25) is 11.5 Å². The molecule has 0 fully saturated rings. The van der Waals surface area contributed by atoms with Crippen LogP contribution in [0.5, 0.6) is 46.0 Å². The third kappa shape index (κ3) is 62.0. The van der Waals surface area contributed by atoms with E-state index in [-0.39, 0.29) is 280 Å². The minimum atomic E-state index is -1.60. The second-order valence-corrected chi connectivity index (χ2v) is 24.5. The number of carbonyl (C=O) groups is 5. The maximum absolute atomic E-state index is 13.9. The van der Waals surface area contributed by atoms with Gasteiger partial charge in [0.1, 0.15) is 71.0 Å². The van der Waals surface area contributed by atoms with Gasteiger partial charge in [-0.2, -0.15) is 0 Å². The molecule has 3 aromatic rings. The van der Waals surface area contributed by atoms with Crippen molar-refractivity contribution in [3.63, 3.8) is 0 Å². The van der Waals surface area contributed by atoms with Crippen molar-refractivity contribution in [3.05, 3.63) is 59.2 Å². The standard InChI is InChI=1S/C77H125N3O36.Mn.2Na/c1-90-11-17-96-23-29-102-35-41-108-67-49-63(50-68(109-42-36-103-30-24-97-18-12-91-2)76(67)112-45-39-106-33-27-100-21-15-94-5)59-114-65-47-62(61-116-75(89)58-80(57-74(87)88)10-8-78(54-71(81)82)7-9-79(55-72(83)84)56-73(85)86)48-66(53-65)115-60-64-51-69(110-43-37-104-31-25-98-19-13-92-3)77(113-46-40-107-34-28-101-22-16-95-6)70(52-64)111-44-38-105-32-26-99-20-14-93-4;;;/h47-53H,7-46,54-61H2,1-6H3,(H,81,82)(H,83,84)(H,85,86)(H,87,88);;;/q;+2;2*+1/p-4. The monoisotopic (exact) mass is 1760 g/mol. The topological polar surface area (TPSA) is 437 Å². The van der Waals surface area contributed by atoms with Crippen molar-refractivity contribution in [2.24, 2.45) is 0 Å². The zero-order chi connectivity index (χ0) is 84.0. The van der Waals surface area contributed by atoms with Crippen LogP contribution in [0.3, 0.4) is 0 Å². The minimum absolute atomic E-state index is 0. The van der Waals surface area contributed by atoms with Crippen molar-refractivity contribution < 1.29 is 248 Å². The molecule has 0 aliphatic carbocycles. The number of carboxylic acids is 4. The molecule has 669 valence electrons. The molecule has 1 radical (unpaired) electrons. The number of rotatable bonds is 84. The number of benzene rings is 3. The smallest absolute Gasteiger partial charge is 0.549 e. The molecule has 42 heteroatoms. The minimum Gasteiger partial charge on any atom is -0.549 e. The molecular formula is C77H121MnN3Na2O36. The van der Waals surface area contributed by atoms with Crippen molar-refractivity contribution in [3.8, 4) is 46.0 Å². The number of methoxy groups -OCH3 is 6. The van der Waals surface area contributed by atoms with E-state index in [2.05, 4.69) is 0 Å². The van der Waals surface area contributed by atoms with Crippen LogP contribution in [-0.2, 0) is 151 Å². The second-order valence-electron chi connectivity index (χ2n) is 24.5. The van der Waals surface area contributed by atoms with Crippen LogP contribution in [-0.4, -0.2) is 384 Å². The molecule has 0 saturated carbocycles. The summed E-state index contributed by atoms with van der Waals surface area (Å²) in [6, 6.07) is 11.6. The predicted molar refractivity (Wildman–Crippen MR) is 401 cm³/mol. The Bertz CT molecular complexity index is 2780. The summed E-state index contributed by atoms with van der Waals surface area (Å²) in [7, 11) is 9.50. The maximum atomic E-state index is 13.9. The first-order valence-electron chi connectivity index (χ1n) is 38.1. The van der Waals surface area contributed by atoms with Gasteiger partial charge in [-0.25, -0.2) is 0 Å². The fourth-order valence-corrected chi connectivity index (χ4v) is 9.77. The Morgan fingerprint density at radius 2 is 0.462 bits per heavy atom. The van der Waals surface area contributed by atoms with Crippen molar-refractivity contribution >= 4 is 29.8 Å². The Hall–Kier alpha value is -4.91. The third-order valence-electron chi connectivity index (χ3n) is 15.3. The molecule has 3 rings (SSSR count). The molecule has 0 bridgehead atoms. The number of esters is 1. The number of nitrogens with zero attached hydrogens (tertiary/aromatic N) is 3. The van der Waals surface area contributed by atoms with E-state index in [1.54, 1.807) is 85.1 Å². The van der Waals surface area contributed by atoms with Gasteiger partial charge in [-0.1, -0.05) is 0 Å². The van der Waals surface area contributed by atoms with Gasteiger partial charge >= 0.3 is 82.2 Å². The molecule has 0 unspecified atom stereocenters. The Morgan fingerprint density at radius 1 is 0.252 bits per heavy atom. The summed E-state index contributed by atoms with van der Waals surface area (Å²) in [5, 5.41) is 46.7. The van der Waals surface area contributed by atoms with Crippen LogP contribution in [0.15, 0.2) is 42.5 Å². The first-order chi connectivity index (χ1) is 56.6. The van der Waals surface area contributed by atoms with Crippen LogP contribution in [0.1, 0.15) is 16.7 Å². The molecule has 0 atom stereocenters. The summed E-state index contributed by atoms with van der Waals surface area (Å²) < 4.78 is 156. The van der Waals surface area contributed by atoms with E-state index in [9.17, 15) is 44.4 Å². The summed E-state index contributed by atoms with van der Waals surface area (Å²) in [6.45, 7) is 4.39. The molecule has 39 nitrogen and oxygen atoms in total. The molecule has 0 heterocycles. The summed E-state index contributed by atoms with van der Waals surface area (Å²) in [5.41, 5.74) is 1.36. The summed E-state index contributed by atoms with van der Waals surface area (Å²) in [5.74, 6) is -5.33. The normalized spacial score (nSPS) is 11.1. The molecule has 0 saturated heterocycles. The van der Waals surface area contributed by atoms with Gasteiger partial charge in [0.25, 0.3) is 0 Å². The number of ether oxygens (including phenoxy) is 27. The van der Waals surface area contributed by atoms with Crippen LogP contribution >= 0.6 is 0 Å². The Kier molecular flexibility index (Phi) is 75.8. The quantitative estimate of drug-likeness (QED) is 0.0288. The number of carboxylic acid groups (broad SMARTS) is 4. The number of aliphatic carboxylic acids is 4. The summed E-state index contributed by atoms with van der Waals surface area (Å²) in [6.07, 6.45) is 0. The zero-order valence-electron chi connectivity index (χ0n) is 70.4. The van der Waals surface area contributed by atoms with Gasteiger partial charge in [0.05, 0.1) is 229 Å². The van der Waals surface area contributed by atoms with Gasteiger partial charge < -0.3 is 167 Å². The Balaban J connectivity index is 0.0000464. The zero-order valence-corrected chi connectivity index (χ0v) is 75.6.